The second-order valence-electron chi connectivity index (χ2n) is 3.79. The molecule has 2 aromatic heterocycles. The van der Waals surface area contributed by atoms with Gasteiger partial charge >= 0.3 is 0 Å². The van der Waals surface area contributed by atoms with Crippen molar-refractivity contribution >= 4 is 5.91 Å². The Hall–Kier alpha value is -2.31. The zero-order chi connectivity index (χ0) is 13.0. The third kappa shape index (κ3) is 2.88. The van der Waals surface area contributed by atoms with Crippen LogP contribution in [0.4, 0.5) is 0 Å². The van der Waals surface area contributed by atoms with Gasteiger partial charge in [0, 0.05) is 12.6 Å². The smallest absolute Gasteiger partial charge is 0.291 e. The zero-order valence-electron chi connectivity index (χ0n) is 10.3. The average Bonchev–Trinajstić information content (AvgIpc) is 2.86. The summed E-state index contributed by atoms with van der Waals surface area (Å²) in [5, 5.41) is 9.21. The number of aromatic amines is 1. The molecule has 0 saturated heterocycles. The Morgan fingerprint density at radius 3 is 2.83 bits per heavy atom. The molecule has 2 N–H and O–H groups in total. The predicted molar refractivity (Wildman–Crippen MR) is 63.7 cm³/mol. The number of carbonyl (C=O) groups excluding carboxylic acids is 1. The molecule has 2 rings (SSSR count). The summed E-state index contributed by atoms with van der Waals surface area (Å²) in [7, 11) is 0. The molecule has 18 heavy (non-hydrogen) atoms. The zero-order valence-corrected chi connectivity index (χ0v) is 10.3. The van der Waals surface area contributed by atoms with E-state index in [1.165, 1.54) is 0 Å². The first kappa shape index (κ1) is 12.2. The Morgan fingerprint density at radius 2 is 2.22 bits per heavy atom. The molecule has 0 bridgehead atoms. The van der Waals surface area contributed by atoms with Crippen LogP contribution in [0.15, 0.2) is 12.4 Å². The molecule has 2 aromatic rings. The first-order chi connectivity index (χ1) is 8.69. The number of carbonyl (C=O) groups is 1. The van der Waals surface area contributed by atoms with Crippen molar-refractivity contribution in [2.45, 2.75) is 26.8 Å². The van der Waals surface area contributed by atoms with Crippen molar-refractivity contribution in [3.63, 3.8) is 0 Å². The maximum Gasteiger partial charge on any atom is 0.291 e. The van der Waals surface area contributed by atoms with Gasteiger partial charge in [0.2, 0.25) is 5.82 Å². The molecule has 0 aliphatic carbocycles. The number of hydrogen-bond donors (Lipinski definition) is 2. The van der Waals surface area contributed by atoms with Gasteiger partial charge in [0.05, 0.1) is 24.1 Å². The van der Waals surface area contributed by atoms with E-state index in [0.29, 0.717) is 24.5 Å². The molecule has 2 heterocycles. The van der Waals surface area contributed by atoms with Gasteiger partial charge in [-0.15, -0.1) is 5.10 Å². The van der Waals surface area contributed by atoms with Gasteiger partial charge in [0.15, 0.2) is 0 Å². The van der Waals surface area contributed by atoms with Crippen LogP contribution >= 0.6 is 0 Å². The summed E-state index contributed by atoms with van der Waals surface area (Å²) in [5.74, 6) is 0.510. The van der Waals surface area contributed by atoms with Crippen molar-refractivity contribution in [3.8, 4) is 0 Å². The molecule has 0 spiro atoms. The Bertz CT molecular complexity index is 533. The molecule has 0 aromatic carbocycles. The summed E-state index contributed by atoms with van der Waals surface area (Å²) in [6, 6.07) is 0. The minimum absolute atomic E-state index is 0.145. The summed E-state index contributed by atoms with van der Waals surface area (Å²) in [6.45, 7) is 4.10. The highest BCUT2D eigenvalue weighted by molar-refractivity contribution is 5.90. The molecule has 0 aliphatic rings. The van der Waals surface area contributed by atoms with E-state index < -0.39 is 0 Å². The normalized spacial score (nSPS) is 10.3. The van der Waals surface area contributed by atoms with Crippen LogP contribution in [0.3, 0.4) is 0 Å². The first-order valence-corrected chi connectivity index (χ1v) is 5.66. The monoisotopic (exact) mass is 246 g/mol. The maximum absolute atomic E-state index is 11.7. The standard InChI is InChI=1S/C11H14N6O/c1-3-9-15-10(17-16-9)11(18)14-6-8-5-12-7(2)4-13-8/h4-5H,3,6H2,1-2H3,(H,14,18)(H,15,16,17). The molecular formula is C11H14N6O. The van der Waals surface area contributed by atoms with Gasteiger partial charge in [-0.05, 0) is 6.92 Å². The summed E-state index contributed by atoms with van der Waals surface area (Å²) < 4.78 is 0. The Balaban J connectivity index is 1.93. The van der Waals surface area contributed by atoms with Gasteiger partial charge < -0.3 is 5.32 Å². The molecule has 0 saturated carbocycles. The first-order valence-electron chi connectivity index (χ1n) is 5.66. The maximum atomic E-state index is 11.7. The molecule has 7 heteroatoms. The van der Waals surface area contributed by atoms with Crippen molar-refractivity contribution in [1.82, 2.24) is 30.5 Å². The highest BCUT2D eigenvalue weighted by Crippen LogP contribution is 1.96. The fourth-order valence-electron chi connectivity index (χ4n) is 1.32. The van der Waals surface area contributed by atoms with E-state index in [1.54, 1.807) is 12.4 Å². The minimum atomic E-state index is -0.326. The highest BCUT2D eigenvalue weighted by Gasteiger charge is 2.11. The Labute approximate surface area is 104 Å². The van der Waals surface area contributed by atoms with E-state index >= 15 is 0 Å². The topological polar surface area (TPSA) is 96.5 Å². The van der Waals surface area contributed by atoms with Gasteiger partial charge in [-0.2, -0.15) is 0 Å². The van der Waals surface area contributed by atoms with Crippen LogP contribution in [0.2, 0.25) is 0 Å². The second kappa shape index (κ2) is 5.35. The predicted octanol–water partition coefficient (Wildman–Crippen LogP) is 0.396. The fraction of sp³-hybridized carbons (Fsp3) is 0.364. The van der Waals surface area contributed by atoms with E-state index in [9.17, 15) is 4.79 Å². The summed E-state index contributed by atoms with van der Waals surface area (Å²) >= 11 is 0. The second-order valence-corrected chi connectivity index (χ2v) is 3.79. The van der Waals surface area contributed by atoms with Gasteiger partial charge in [0.25, 0.3) is 5.91 Å². The third-order valence-corrected chi connectivity index (χ3v) is 2.33. The van der Waals surface area contributed by atoms with E-state index in [4.69, 9.17) is 0 Å². The molecule has 94 valence electrons. The van der Waals surface area contributed by atoms with Gasteiger partial charge in [-0.1, -0.05) is 6.92 Å². The number of hydrogen-bond acceptors (Lipinski definition) is 5. The number of amides is 1. The molecular weight excluding hydrogens is 232 g/mol. The van der Waals surface area contributed by atoms with Crippen LogP contribution in [-0.4, -0.2) is 31.1 Å². The number of aryl methyl sites for hydroxylation is 2. The van der Waals surface area contributed by atoms with Gasteiger partial charge in [-0.25, -0.2) is 4.98 Å². The van der Waals surface area contributed by atoms with Gasteiger partial charge in [-0.3, -0.25) is 19.9 Å². The average molecular weight is 246 g/mol. The van der Waals surface area contributed by atoms with E-state index in [0.717, 1.165) is 5.69 Å². The van der Waals surface area contributed by atoms with Crippen molar-refractivity contribution in [2.24, 2.45) is 0 Å². The molecule has 0 radical (unpaired) electrons. The molecule has 0 fully saturated rings. The lowest BCUT2D eigenvalue weighted by Gasteiger charge is -2.01. The van der Waals surface area contributed by atoms with Crippen LogP contribution < -0.4 is 5.32 Å². The van der Waals surface area contributed by atoms with E-state index in [-0.39, 0.29) is 11.7 Å². The van der Waals surface area contributed by atoms with Crippen LogP contribution in [-0.2, 0) is 13.0 Å². The largest absolute Gasteiger partial charge is 0.344 e. The summed E-state index contributed by atoms with van der Waals surface area (Å²) in [5.41, 5.74) is 1.53. The lowest BCUT2D eigenvalue weighted by Crippen LogP contribution is -2.24. The van der Waals surface area contributed by atoms with Gasteiger partial charge in [0.1, 0.15) is 5.82 Å². The minimum Gasteiger partial charge on any atom is -0.344 e. The van der Waals surface area contributed by atoms with Crippen LogP contribution in [0.25, 0.3) is 0 Å². The molecule has 0 atom stereocenters. The van der Waals surface area contributed by atoms with E-state index in [1.807, 2.05) is 13.8 Å². The van der Waals surface area contributed by atoms with Crippen LogP contribution in [0.1, 0.15) is 34.8 Å². The number of nitrogens with one attached hydrogen (secondary N) is 2. The number of aromatic nitrogens is 5. The van der Waals surface area contributed by atoms with Crippen molar-refractivity contribution in [1.29, 1.82) is 0 Å². The molecule has 1 amide bonds. The molecule has 0 unspecified atom stereocenters. The lowest BCUT2D eigenvalue weighted by atomic mass is 10.4. The van der Waals surface area contributed by atoms with Crippen LogP contribution in [0.5, 0.6) is 0 Å². The summed E-state index contributed by atoms with van der Waals surface area (Å²) in [6.07, 6.45) is 4.00. The number of nitrogens with zero attached hydrogens (tertiary/aromatic N) is 4. The quantitative estimate of drug-likeness (QED) is 0.813. The fourth-order valence-corrected chi connectivity index (χ4v) is 1.32. The Kier molecular flexibility index (Phi) is 3.61. The SMILES string of the molecule is CCc1nc(C(=O)NCc2cnc(C)cn2)n[nH]1. The van der Waals surface area contributed by atoms with E-state index in [2.05, 4.69) is 30.5 Å². The van der Waals surface area contributed by atoms with Crippen molar-refractivity contribution in [3.05, 3.63) is 35.4 Å². The summed E-state index contributed by atoms with van der Waals surface area (Å²) in [4.78, 5) is 24.0. The number of rotatable bonds is 4. The molecule has 7 nitrogen and oxygen atoms in total. The third-order valence-electron chi connectivity index (χ3n) is 2.33. The van der Waals surface area contributed by atoms with Crippen LogP contribution in [0, 0.1) is 6.92 Å². The highest BCUT2D eigenvalue weighted by atomic mass is 16.2. The Morgan fingerprint density at radius 1 is 1.39 bits per heavy atom. The van der Waals surface area contributed by atoms with Crippen molar-refractivity contribution in [2.75, 3.05) is 0 Å². The lowest BCUT2D eigenvalue weighted by molar-refractivity contribution is 0.0940. The molecule has 0 aliphatic heterocycles. The number of H-pyrrole nitrogens is 1. The van der Waals surface area contributed by atoms with Crippen molar-refractivity contribution < 1.29 is 4.79 Å².